The van der Waals surface area contributed by atoms with Gasteiger partial charge in [0.25, 0.3) is 0 Å². The number of aryl methyl sites for hydroxylation is 1. The molecule has 4 nitrogen and oxygen atoms in total. The van der Waals surface area contributed by atoms with E-state index in [1.54, 1.807) is 19.1 Å². The van der Waals surface area contributed by atoms with Crippen molar-refractivity contribution in [2.24, 2.45) is 0 Å². The molecule has 0 aliphatic carbocycles. The van der Waals surface area contributed by atoms with Crippen LogP contribution in [0.15, 0.2) is 64.5 Å². The zero-order valence-electron chi connectivity index (χ0n) is 14.3. The van der Waals surface area contributed by atoms with Crippen LogP contribution in [0.25, 0.3) is 28.4 Å². The SMILES string of the molecule is C/C(=C(F)\C=C(/C)O)c1ccc(-c2nc(-c3ccccc3)c(C)[nH]2)o1. The largest absolute Gasteiger partial charge is 0.513 e. The fourth-order valence-electron chi connectivity index (χ4n) is 2.53. The van der Waals surface area contributed by atoms with Crippen molar-refractivity contribution in [3.8, 4) is 22.8 Å². The van der Waals surface area contributed by atoms with E-state index in [4.69, 9.17) is 4.42 Å². The molecule has 5 heteroatoms. The molecule has 0 saturated carbocycles. The number of allylic oxidation sites excluding steroid dienone is 4. The molecule has 2 N–H and O–H groups in total. The van der Waals surface area contributed by atoms with Crippen LogP contribution in [0, 0.1) is 6.92 Å². The Morgan fingerprint density at radius 1 is 1.16 bits per heavy atom. The second kappa shape index (κ2) is 6.81. The Bertz CT molecular complexity index is 945. The van der Waals surface area contributed by atoms with Crippen molar-refractivity contribution in [1.82, 2.24) is 9.97 Å². The minimum absolute atomic E-state index is 0.0993. The van der Waals surface area contributed by atoms with E-state index in [2.05, 4.69) is 9.97 Å². The summed E-state index contributed by atoms with van der Waals surface area (Å²) in [6.07, 6.45) is 1.06. The quantitative estimate of drug-likeness (QED) is 0.466. The summed E-state index contributed by atoms with van der Waals surface area (Å²) in [7, 11) is 0. The van der Waals surface area contributed by atoms with E-state index in [1.807, 2.05) is 37.3 Å². The molecule has 3 rings (SSSR count). The molecule has 0 fully saturated rings. The van der Waals surface area contributed by atoms with Crippen molar-refractivity contribution in [3.63, 3.8) is 0 Å². The van der Waals surface area contributed by atoms with Gasteiger partial charge in [-0.1, -0.05) is 30.3 Å². The number of benzene rings is 1. The van der Waals surface area contributed by atoms with Crippen molar-refractivity contribution in [1.29, 1.82) is 0 Å². The number of hydrogen-bond donors (Lipinski definition) is 2. The summed E-state index contributed by atoms with van der Waals surface area (Å²) in [4.78, 5) is 7.81. The fourth-order valence-corrected chi connectivity index (χ4v) is 2.53. The Morgan fingerprint density at radius 2 is 1.88 bits per heavy atom. The lowest BCUT2D eigenvalue weighted by Gasteiger charge is -1.98. The first-order valence-electron chi connectivity index (χ1n) is 7.92. The van der Waals surface area contributed by atoms with Crippen molar-refractivity contribution < 1.29 is 13.9 Å². The highest BCUT2D eigenvalue weighted by Crippen LogP contribution is 2.29. The van der Waals surface area contributed by atoms with E-state index in [0.717, 1.165) is 23.0 Å². The molecule has 0 radical (unpaired) electrons. The summed E-state index contributed by atoms with van der Waals surface area (Å²) >= 11 is 0. The van der Waals surface area contributed by atoms with Gasteiger partial charge in [0, 0.05) is 22.9 Å². The second-order valence-electron chi connectivity index (χ2n) is 5.85. The summed E-state index contributed by atoms with van der Waals surface area (Å²) < 4.78 is 19.7. The molecule has 1 aromatic carbocycles. The minimum Gasteiger partial charge on any atom is -0.513 e. The Hall–Kier alpha value is -3.08. The normalized spacial score (nSPS) is 13.0. The third-order valence-corrected chi connectivity index (χ3v) is 3.83. The van der Waals surface area contributed by atoms with Gasteiger partial charge in [0.2, 0.25) is 0 Å². The average molecular weight is 338 g/mol. The van der Waals surface area contributed by atoms with Gasteiger partial charge >= 0.3 is 0 Å². The zero-order chi connectivity index (χ0) is 18.0. The van der Waals surface area contributed by atoms with Crippen LogP contribution < -0.4 is 0 Å². The third-order valence-electron chi connectivity index (χ3n) is 3.83. The number of aliphatic hydroxyl groups is 1. The van der Waals surface area contributed by atoms with E-state index in [1.165, 1.54) is 6.92 Å². The summed E-state index contributed by atoms with van der Waals surface area (Å²) in [5, 5.41) is 9.18. The molecular weight excluding hydrogens is 319 g/mol. The second-order valence-corrected chi connectivity index (χ2v) is 5.85. The maximum atomic E-state index is 14.0. The Kier molecular flexibility index (Phi) is 4.57. The van der Waals surface area contributed by atoms with Gasteiger partial charge in [-0.2, -0.15) is 0 Å². The number of aromatic amines is 1. The Labute approximate surface area is 145 Å². The van der Waals surface area contributed by atoms with Gasteiger partial charge in [0.1, 0.15) is 11.6 Å². The first-order chi connectivity index (χ1) is 12.0. The summed E-state index contributed by atoms with van der Waals surface area (Å²) in [6, 6.07) is 13.3. The Morgan fingerprint density at radius 3 is 2.56 bits per heavy atom. The van der Waals surface area contributed by atoms with Gasteiger partial charge in [-0.3, -0.25) is 0 Å². The molecule has 2 heterocycles. The molecule has 0 atom stereocenters. The molecule has 0 amide bonds. The van der Waals surface area contributed by atoms with E-state index in [9.17, 15) is 9.50 Å². The van der Waals surface area contributed by atoms with Crippen LogP contribution in [-0.2, 0) is 0 Å². The topological polar surface area (TPSA) is 62.1 Å². The lowest BCUT2D eigenvalue weighted by molar-refractivity contribution is 0.411. The summed E-state index contributed by atoms with van der Waals surface area (Å²) in [5.41, 5.74) is 3.11. The van der Waals surface area contributed by atoms with Crippen LogP contribution in [0.4, 0.5) is 4.39 Å². The molecule has 25 heavy (non-hydrogen) atoms. The number of rotatable bonds is 4. The van der Waals surface area contributed by atoms with Crippen LogP contribution in [0.1, 0.15) is 25.3 Å². The van der Waals surface area contributed by atoms with Crippen LogP contribution in [0.5, 0.6) is 0 Å². The van der Waals surface area contributed by atoms with Crippen molar-refractivity contribution in [2.75, 3.05) is 0 Å². The molecule has 0 bridgehead atoms. The number of H-pyrrole nitrogens is 1. The van der Waals surface area contributed by atoms with Crippen LogP contribution in [0.2, 0.25) is 0 Å². The number of furan rings is 1. The number of aromatic nitrogens is 2. The van der Waals surface area contributed by atoms with Crippen molar-refractivity contribution in [3.05, 3.63) is 71.6 Å². The molecule has 2 aromatic heterocycles. The molecule has 0 spiro atoms. The van der Waals surface area contributed by atoms with Gasteiger partial charge in [-0.15, -0.1) is 0 Å². The third kappa shape index (κ3) is 3.55. The molecule has 0 saturated heterocycles. The van der Waals surface area contributed by atoms with Gasteiger partial charge in [-0.05, 0) is 32.9 Å². The highest BCUT2D eigenvalue weighted by molar-refractivity contribution is 5.68. The van der Waals surface area contributed by atoms with Crippen LogP contribution in [0.3, 0.4) is 0 Å². The number of hydrogen-bond acceptors (Lipinski definition) is 3. The van der Waals surface area contributed by atoms with Crippen LogP contribution in [-0.4, -0.2) is 15.1 Å². The molecule has 0 aliphatic heterocycles. The van der Waals surface area contributed by atoms with E-state index in [0.29, 0.717) is 22.9 Å². The maximum absolute atomic E-state index is 14.0. The van der Waals surface area contributed by atoms with Gasteiger partial charge in [0.05, 0.1) is 11.5 Å². The highest BCUT2D eigenvalue weighted by Gasteiger charge is 2.15. The first kappa shape index (κ1) is 16.8. The van der Waals surface area contributed by atoms with Crippen molar-refractivity contribution in [2.45, 2.75) is 20.8 Å². The smallest absolute Gasteiger partial charge is 0.174 e. The van der Waals surface area contributed by atoms with Crippen LogP contribution >= 0.6 is 0 Å². The number of halogens is 1. The number of nitrogens with zero attached hydrogens (tertiary/aromatic N) is 1. The molecule has 128 valence electrons. The Balaban J connectivity index is 1.95. The lowest BCUT2D eigenvalue weighted by Crippen LogP contribution is -1.81. The molecule has 0 unspecified atom stereocenters. The van der Waals surface area contributed by atoms with Gasteiger partial charge < -0.3 is 14.5 Å². The molecule has 0 aliphatic rings. The molecule has 3 aromatic rings. The predicted molar refractivity (Wildman–Crippen MR) is 96.6 cm³/mol. The van der Waals surface area contributed by atoms with E-state index < -0.39 is 5.83 Å². The lowest BCUT2D eigenvalue weighted by atomic mass is 10.1. The van der Waals surface area contributed by atoms with E-state index in [-0.39, 0.29) is 5.76 Å². The number of nitrogens with one attached hydrogen (secondary N) is 1. The molecular formula is C20H19FN2O2. The number of aliphatic hydroxyl groups excluding tert-OH is 1. The summed E-state index contributed by atoms with van der Waals surface area (Å²) in [5.74, 6) is 0.862. The first-order valence-corrected chi connectivity index (χ1v) is 7.92. The standard InChI is InChI=1S/C20H19FN2O2/c1-12(24)11-16(21)13(2)17-9-10-18(25-17)20-22-14(3)19(23-20)15-7-5-4-6-8-15/h4-11,24H,1-3H3,(H,22,23)/b12-11+,16-13-. The zero-order valence-corrected chi connectivity index (χ0v) is 14.3. The average Bonchev–Trinajstić information content (AvgIpc) is 3.21. The maximum Gasteiger partial charge on any atom is 0.174 e. The predicted octanol–water partition coefficient (Wildman–Crippen LogP) is 5.81. The fraction of sp³-hybridized carbons (Fsp3) is 0.150. The van der Waals surface area contributed by atoms with E-state index >= 15 is 0 Å². The van der Waals surface area contributed by atoms with Crippen molar-refractivity contribution >= 4 is 5.57 Å². The summed E-state index contributed by atoms with van der Waals surface area (Å²) in [6.45, 7) is 4.96. The highest BCUT2D eigenvalue weighted by atomic mass is 19.1. The monoisotopic (exact) mass is 338 g/mol. The van der Waals surface area contributed by atoms with Gasteiger partial charge in [0.15, 0.2) is 11.6 Å². The number of imidazole rings is 1. The van der Waals surface area contributed by atoms with Gasteiger partial charge in [-0.25, -0.2) is 9.37 Å². The minimum atomic E-state index is -0.540.